The van der Waals surface area contributed by atoms with Gasteiger partial charge in [-0.1, -0.05) is 33.6 Å². The molecule has 1 heterocycles. The summed E-state index contributed by atoms with van der Waals surface area (Å²) in [5, 5.41) is 4.54. The van der Waals surface area contributed by atoms with E-state index < -0.39 is 0 Å². The zero-order valence-corrected chi connectivity index (χ0v) is 13.1. The maximum Gasteiger partial charge on any atom is 0.0624 e. The summed E-state index contributed by atoms with van der Waals surface area (Å²) in [5.41, 5.74) is 2.75. The van der Waals surface area contributed by atoms with E-state index in [4.69, 9.17) is 11.6 Å². The van der Waals surface area contributed by atoms with Gasteiger partial charge in [-0.15, -0.1) is 11.6 Å². The van der Waals surface area contributed by atoms with Crippen molar-refractivity contribution in [2.45, 2.75) is 59.3 Å². The van der Waals surface area contributed by atoms with E-state index >= 15 is 0 Å². The molecule has 0 amide bonds. The third-order valence-electron chi connectivity index (χ3n) is 4.04. The van der Waals surface area contributed by atoms with Gasteiger partial charge in [0.25, 0.3) is 0 Å². The van der Waals surface area contributed by atoms with E-state index in [2.05, 4.69) is 31.9 Å². The first kappa shape index (κ1) is 15.6. The molecule has 2 nitrogen and oxygen atoms in total. The predicted octanol–water partition coefficient (Wildman–Crippen LogP) is 4.35. The average molecular weight is 271 g/mol. The lowest BCUT2D eigenvalue weighted by Gasteiger charge is -2.30. The van der Waals surface area contributed by atoms with E-state index in [0.717, 1.165) is 25.1 Å². The van der Waals surface area contributed by atoms with Crippen LogP contribution in [0.5, 0.6) is 0 Å². The SMILES string of the molecule is CCCCC(CC)(CCl)Cc1cc(CC)nn1C. The van der Waals surface area contributed by atoms with E-state index in [-0.39, 0.29) is 5.41 Å². The lowest BCUT2D eigenvalue weighted by Crippen LogP contribution is -2.26. The molecule has 1 unspecified atom stereocenters. The Kier molecular flexibility index (Phi) is 6.20. The second-order valence-corrected chi connectivity index (χ2v) is 5.64. The average Bonchev–Trinajstić information content (AvgIpc) is 2.75. The molecule has 0 bridgehead atoms. The molecule has 0 saturated carbocycles. The highest BCUT2D eigenvalue weighted by Gasteiger charge is 2.28. The van der Waals surface area contributed by atoms with Crippen LogP contribution in [0.1, 0.15) is 57.8 Å². The van der Waals surface area contributed by atoms with Gasteiger partial charge in [0.1, 0.15) is 0 Å². The van der Waals surface area contributed by atoms with Crippen LogP contribution in [0, 0.1) is 5.41 Å². The summed E-state index contributed by atoms with van der Waals surface area (Å²) in [6.45, 7) is 6.65. The van der Waals surface area contributed by atoms with E-state index in [1.807, 2.05) is 11.7 Å². The van der Waals surface area contributed by atoms with Gasteiger partial charge >= 0.3 is 0 Å². The van der Waals surface area contributed by atoms with Crippen LogP contribution in [-0.2, 0) is 19.9 Å². The Bertz CT molecular complexity index is 353. The van der Waals surface area contributed by atoms with E-state index in [1.165, 1.54) is 30.7 Å². The summed E-state index contributed by atoms with van der Waals surface area (Å²) < 4.78 is 2.03. The molecule has 1 aromatic rings. The van der Waals surface area contributed by atoms with E-state index in [9.17, 15) is 0 Å². The van der Waals surface area contributed by atoms with Crippen molar-refractivity contribution in [3.8, 4) is 0 Å². The minimum atomic E-state index is 0.246. The summed E-state index contributed by atoms with van der Waals surface area (Å²) in [5.74, 6) is 0.746. The molecule has 0 fully saturated rings. The fraction of sp³-hybridized carbons (Fsp3) is 0.800. The van der Waals surface area contributed by atoms with Gasteiger partial charge in [0.15, 0.2) is 0 Å². The quantitative estimate of drug-likeness (QED) is 0.642. The molecule has 0 aliphatic carbocycles. The second kappa shape index (κ2) is 7.18. The van der Waals surface area contributed by atoms with E-state index in [1.54, 1.807) is 0 Å². The smallest absolute Gasteiger partial charge is 0.0624 e. The molecular formula is C15H27ClN2. The van der Waals surface area contributed by atoms with Crippen molar-refractivity contribution in [1.29, 1.82) is 0 Å². The minimum Gasteiger partial charge on any atom is -0.272 e. The molecule has 1 aromatic heterocycles. The van der Waals surface area contributed by atoms with Crippen LogP contribution in [0.25, 0.3) is 0 Å². The molecule has 104 valence electrons. The lowest BCUT2D eigenvalue weighted by molar-refractivity contribution is 0.273. The van der Waals surface area contributed by atoms with Gasteiger partial charge in [-0.05, 0) is 37.2 Å². The van der Waals surface area contributed by atoms with Gasteiger partial charge in [0.2, 0.25) is 0 Å². The first-order valence-corrected chi connectivity index (χ1v) is 7.72. The summed E-state index contributed by atoms with van der Waals surface area (Å²) in [7, 11) is 2.04. The molecule has 0 saturated heterocycles. The van der Waals surface area contributed by atoms with Crippen LogP contribution in [-0.4, -0.2) is 15.7 Å². The summed E-state index contributed by atoms with van der Waals surface area (Å²) in [6.07, 6.45) is 6.92. The monoisotopic (exact) mass is 270 g/mol. The van der Waals surface area contributed by atoms with Crippen molar-refractivity contribution < 1.29 is 0 Å². The number of halogens is 1. The Labute approximate surface area is 117 Å². The molecule has 0 aliphatic rings. The molecule has 0 spiro atoms. The summed E-state index contributed by atoms with van der Waals surface area (Å²) in [4.78, 5) is 0. The first-order chi connectivity index (χ1) is 8.60. The largest absolute Gasteiger partial charge is 0.272 e. The van der Waals surface area contributed by atoms with Crippen molar-refractivity contribution >= 4 is 11.6 Å². The standard InChI is InChI=1S/C15H27ClN2/c1-5-8-9-15(7-3,12-16)11-14-10-13(6-2)17-18(14)4/h10H,5-9,11-12H2,1-4H3. The van der Waals surface area contributed by atoms with Crippen LogP contribution < -0.4 is 0 Å². The fourth-order valence-electron chi connectivity index (χ4n) is 2.44. The van der Waals surface area contributed by atoms with E-state index in [0.29, 0.717) is 0 Å². The van der Waals surface area contributed by atoms with Crippen molar-refractivity contribution in [1.82, 2.24) is 9.78 Å². The molecule has 0 aliphatic heterocycles. The van der Waals surface area contributed by atoms with Gasteiger partial charge in [0.05, 0.1) is 5.69 Å². The third kappa shape index (κ3) is 3.74. The van der Waals surface area contributed by atoms with Crippen LogP contribution in [0.2, 0.25) is 0 Å². The summed E-state index contributed by atoms with van der Waals surface area (Å²) in [6, 6.07) is 2.24. The lowest BCUT2D eigenvalue weighted by atomic mass is 9.78. The fourth-order valence-corrected chi connectivity index (χ4v) is 2.86. The van der Waals surface area contributed by atoms with Crippen molar-refractivity contribution in [2.24, 2.45) is 12.5 Å². The van der Waals surface area contributed by atoms with Crippen LogP contribution in [0.15, 0.2) is 6.07 Å². The van der Waals surface area contributed by atoms with Crippen LogP contribution >= 0.6 is 11.6 Å². The van der Waals surface area contributed by atoms with Crippen LogP contribution in [0.3, 0.4) is 0 Å². The molecule has 0 aromatic carbocycles. The molecule has 1 atom stereocenters. The molecule has 1 rings (SSSR count). The zero-order valence-electron chi connectivity index (χ0n) is 12.3. The maximum atomic E-state index is 6.27. The predicted molar refractivity (Wildman–Crippen MR) is 79.3 cm³/mol. The molecular weight excluding hydrogens is 244 g/mol. The third-order valence-corrected chi connectivity index (χ3v) is 4.61. The highest BCUT2D eigenvalue weighted by Crippen LogP contribution is 2.34. The van der Waals surface area contributed by atoms with Crippen molar-refractivity contribution in [3.63, 3.8) is 0 Å². The van der Waals surface area contributed by atoms with Gasteiger partial charge in [-0.25, -0.2) is 0 Å². The highest BCUT2D eigenvalue weighted by molar-refractivity contribution is 6.18. The number of aromatic nitrogens is 2. The highest BCUT2D eigenvalue weighted by atomic mass is 35.5. The first-order valence-electron chi connectivity index (χ1n) is 7.18. The Balaban J connectivity index is 2.84. The van der Waals surface area contributed by atoms with Crippen molar-refractivity contribution in [2.75, 3.05) is 5.88 Å². The normalized spacial score (nSPS) is 14.7. The Morgan fingerprint density at radius 3 is 2.50 bits per heavy atom. The number of nitrogens with zero attached hydrogens (tertiary/aromatic N) is 2. The minimum absolute atomic E-state index is 0.246. The van der Waals surface area contributed by atoms with Gasteiger partial charge < -0.3 is 0 Å². The molecule has 3 heteroatoms. The number of hydrogen-bond acceptors (Lipinski definition) is 1. The second-order valence-electron chi connectivity index (χ2n) is 5.37. The Hall–Kier alpha value is -0.500. The molecule has 18 heavy (non-hydrogen) atoms. The molecule has 0 radical (unpaired) electrons. The number of rotatable bonds is 8. The number of alkyl halides is 1. The Morgan fingerprint density at radius 1 is 1.33 bits per heavy atom. The molecule has 0 N–H and O–H groups in total. The van der Waals surface area contributed by atoms with Gasteiger partial charge in [0, 0.05) is 18.6 Å². The van der Waals surface area contributed by atoms with Gasteiger partial charge in [-0.2, -0.15) is 5.10 Å². The number of hydrogen-bond donors (Lipinski definition) is 0. The topological polar surface area (TPSA) is 17.8 Å². The van der Waals surface area contributed by atoms with Crippen molar-refractivity contribution in [3.05, 3.63) is 17.5 Å². The summed E-state index contributed by atoms with van der Waals surface area (Å²) >= 11 is 6.27. The number of aryl methyl sites for hydroxylation is 2. The Morgan fingerprint density at radius 2 is 2.06 bits per heavy atom. The maximum absolute atomic E-state index is 6.27. The van der Waals surface area contributed by atoms with Crippen LogP contribution in [0.4, 0.5) is 0 Å². The zero-order chi connectivity index (χ0) is 13.6. The number of unbranched alkanes of at least 4 members (excludes halogenated alkanes) is 1. The van der Waals surface area contributed by atoms with Gasteiger partial charge in [-0.3, -0.25) is 4.68 Å².